The number of fused-ring (bicyclic) bond motifs is 3. The summed E-state index contributed by atoms with van der Waals surface area (Å²) >= 11 is 0. The third kappa shape index (κ3) is 2.43. The van der Waals surface area contributed by atoms with Crippen molar-refractivity contribution in [3.05, 3.63) is 11.8 Å². The van der Waals surface area contributed by atoms with E-state index in [2.05, 4.69) is 26.5 Å². The van der Waals surface area contributed by atoms with E-state index in [1.54, 1.807) is 6.21 Å². The Labute approximate surface area is 173 Å². The lowest BCUT2D eigenvalue weighted by Gasteiger charge is -2.60. The molecule has 2 amide bonds. The van der Waals surface area contributed by atoms with E-state index in [-0.39, 0.29) is 11.7 Å². The third-order valence-electron chi connectivity index (χ3n) is 7.39. The molecule has 0 saturated heterocycles. The zero-order valence-electron chi connectivity index (χ0n) is 16.7. The van der Waals surface area contributed by atoms with E-state index in [1.165, 1.54) is 13.5 Å². The highest BCUT2D eigenvalue weighted by Crippen LogP contribution is 2.61. The summed E-state index contributed by atoms with van der Waals surface area (Å²) < 4.78 is 2.02. The van der Waals surface area contributed by atoms with Crippen molar-refractivity contribution < 1.29 is 14.7 Å². The number of aliphatic hydroxyl groups is 1. The Morgan fingerprint density at radius 2 is 2.00 bits per heavy atom. The number of hydrogen-bond acceptors (Lipinski definition) is 7. The fourth-order valence-corrected chi connectivity index (χ4v) is 6.77. The molecule has 5 N–H and O–H groups in total. The fourth-order valence-electron chi connectivity index (χ4n) is 6.77. The number of hydrogen-bond donors (Lipinski definition) is 5. The summed E-state index contributed by atoms with van der Waals surface area (Å²) in [5, 5.41) is 21.1. The van der Waals surface area contributed by atoms with Gasteiger partial charge in [0.05, 0.1) is 16.8 Å². The number of likely N-dealkylation sites (N-methyl/N-ethyl adjacent to an activating group) is 1. The van der Waals surface area contributed by atoms with Crippen LogP contribution in [0.5, 0.6) is 0 Å². The van der Waals surface area contributed by atoms with Crippen molar-refractivity contribution in [2.45, 2.75) is 55.8 Å². The van der Waals surface area contributed by atoms with Crippen LogP contribution in [0.4, 0.5) is 11.5 Å². The average Bonchev–Trinajstić information content (AvgIpc) is 3.30. The number of rotatable bonds is 2. The summed E-state index contributed by atoms with van der Waals surface area (Å²) in [6, 6.07) is 0. The summed E-state index contributed by atoms with van der Waals surface area (Å²) in [6.07, 6.45) is 8.98. The highest BCUT2D eigenvalue weighted by molar-refractivity contribution is 6.39. The average molecular weight is 411 g/mol. The second-order valence-corrected chi connectivity index (χ2v) is 9.52. The van der Waals surface area contributed by atoms with Crippen LogP contribution in [-0.2, 0) is 15.1 Å². The first-order valence-electron chi connectivity index (χ1n) is 10.5. The molecule has 2 aliphatic heterocycles. The highest BCUT2D eigenvalue weighted by atomic mass is 16.3. The Kier molecular flexibility index (Phi) is 3.57. The molecule has 0 aromatic carbocycles. The molecule has 3 unspecified atom stereocenters. The summed E-state index contributed by atoms with van der Waals surface area (Å²) in [4.78, 5) is 28.5. The molecule has 30 heavy (non-hydrogen) atoms. The second kappa shape index (κ2) is 5.92. The van der Waals surface area contributed by atoms with Crippen LogP contribution in [0.2, 0.25) is 0 Å². The van der Waals surface area contributed by atoms with Crippen LogP contribution in [0.3, 0.4) is 0 Å². The van der Waals surface area contributed by atoms with Crippen LogP contribution in [0, 0.1) is 11.8 Å². The lowest BCUT2D eigenvalue weighted by Crippen LogP contribution is -2.60. The van der Waals surface area contributed by atoms with E-state index in [0.717, 1.165) is 37.0 Å². The number of aliphatic imine (C=N–C) groups is 1. The maximum absolute atomic E-state index is 12.3. The van der Waals surface area contributed by atoms with Crippen molar-refractivity contribution >= 4 is 35.1 Å². The molecule has 10 nitrogen and oxygen atoms in total. The van der Waals surface area contributed by atoms with Gasteiger partial charge in [0, 0.05) is 25.3 Å². The molecule has 7 rings (SSSR count). The Morgan fingerprint density at radius 3 is 2.70 bits per heavy atom. The molecule has 4 saturated carbocycles. The monoisotopic (exact) mass is 411 g/mol. The predicted octanol–water partition coefficient (Wildman–Crippen LogP) is 0.332. The van der Waals surface area contributed by atoms with Crippen molar-refractivity contribution in [1.82, 2.24) is 20.5 Å². The number of nitrogens with zero attached hydrogens (tertiary/aromatic N) is 3. The zero-order chi connectivity index (χ0) is 20.7. The van der Waals surface area contributed by atoms with Crippen LogP contribution in [0.25, 0.3) is 5.57 Å². The first-order chi connectivity index (χ1) is 14.4. The molecule has 158 valence electrons. The number of aromatic nitrogens is 2. The number of carbonyl (C=O) groups excluding carboxylic acids is 2. The van der Waals surface area contributed by atoms with E-state index in [9.17, 15) is 14.7 Å². The van der Waals surface area contributed by atoms with Gasteiger partial charge in [-0.05, 0) is 50.0 Å². The Balaban J connectivity index is 1.48. The molecule has 3 heterocycles. The number of allylic oxidation sites excluding steroid dienone is 1. The van der Waals surface area contributed by atoms with Gasteiger partial charge >= 0.3 is 11.8 Å². The quantitative estimate of drug-likeness (QED) is 0.446. The first kappa shape index (κ1) is 18.1. The second-order valence-electron chi connectivity index (χ2n) is 9.52. The van der Waals surface area contributed by atoms with Gasteiger partial charge in [0.2, 0.25) is 0 Å². The van der Waals surface area contributed by atoms with Gasteiger partial charge in [0.25, 0.3) is 0 Å². The Morgan fingerprint density at radius 1 is 1.23 bits per heavy atom. The number of carbonyl (C=O) groups is 2. The van der Waals surface area contributed by atoms with Crippen LogP contribution in [0.1, 0.15) is 44.2 Å². The van der Waals surface area contributed by atoms with Gasteiger partial charge in [-0.2, -0.15) is 5.10 Å². The normalized spacial score (nSPS) is 37.3. The number of amides is 2. The van der Waals surface area contributed by atoms with Gasteiger partial charge in [-0.15, -0.1) is 0 Å². The summed E-state index contributed by atoms with van der Waals surface area (Å²) in [6.45, 7) is 0. The lowest BCUT2D eigenvalue weighted by atomic mass is 9.51. The van der Waals surface area contributed by atoms with Crippen LogP contribution in [-0.4, -0.2) is 51.7 Å². The SMILES string of the molecule is CNC(=O)C(=O)Nc1nn(C23C[C@@H]4C[C@@H](CC(O)(C4)C2)C3)c2c1NNC1N=CC=C21. The lowest BCUT2D eigenvalue weighted by molar-refractivity contribution is -0.159. The number of nitrogens with one attached hydrogen (secondary N) is 4. The molecule has 4 bridgehead atoms. The van der Waals surface area contributed by atoms with Gasteiger partial charge < -0.3 is 15.8 Å². The van der Waals surface area contributed by atoms with E-state index >= 15 is 0 Å². The van der Waals surface area contributed by atoms with Gasteiger partial charge in [-0.25, -0.2) is 5.43 Å². The largest absolute Gasteiger partial charge is 0.390 e. The standard InChI is InChI=1S/C20H25N7O3/c1-21-17(28)18(29)23-16-13-14(12-2-3-22-15(12)25-24-13)27(26-16)19-5-10-4-11(6-19)8-20(30,7-10)9-19/h2-3,10-11,15,24-25,30H,4-9H2,1H3,(H,21,28)(H,23,26,29)/t10-,11+,15?,19?,20?. The fraction of sp³-hybridized carbons (Fsp3) is 0.600. The van der Waals surface area contributed by atoms with Crippen LogP contribution < -0.4 is 21.5 Å². The summed E-state index contributed by atoms with van der Waals surface area (Å²) in [5.41, 5.74) is 7.77. The van der Waals surface area contributed by atoms with E-state index in [0.29, 0.717) is 29.8 Å². The molecular formula is C20H25N7O3. The van der Waals surface area contributed by atoms with Crippen molar-refractivity contribution in [2.24, 2.45) is 16.8 Å². The Hall–Kier alpha value is -2.72. The summed E-state index contributed by atoms with van der Waals surface area (Å²) in [7, 11) is 1.41. The van der Waals surface area contributed by atoms with Gasteiger partial charge in [-0.3, -0.25) is 24.6 Å². The van der Waals surface area contributed by atoms with Crippen LogP contribution in [0.15, 0.2) is 11.1 Å². The van der Waals surface area contributed by atoms with Crippen LogP contribution >= 0.6 is 0 Å². The van der Waals surface area contributed by atoms with E-state index < -0.39 is 17.4 Å². The molecular weight excluding hydrogens is 386 g/mol. The number of anilines is 2. The molecule has 10 heteroatoms. The number of hydrazine groups is 1. The van der Waals surface area contributed by atoms with Gasteiger partial charge in [0.15, 0.2) is 5.82 Å². The minimum Gasteiger partial charge on any atom is -0.390 e. The zero-order valence-corrected chi connectivity index (χ0v) is 16.7. The van der Waals surface area contributed by atoms with Crippen molar-refractivity contribution in [2.75, 3.05) is 17.8 Å². The third-order valence-corrected chi connectivity index (χ3v) is 7.39. The predicted molar refractivity (Wildman–Crippen MR) is 110 cm³/mol. The van der Waals surface area contributed by atoms with E-state index in [1.807, 2.05) is 10.8 Å². The molecule has 0 spiro atoms. The molecule has 4 aliphatic carbocycles. The highest BCUT2D eigenvalue weighted by Gasteiger charge is 2.59. The summed E-state index contributed by atoms with van der Waals surface area (Å²) in [5.74, 6) is -0.221. The minimum atomic E-state index is -0.769. The molecule has 1 aromatic heterocycles. The maximum Gasteiger partial charge on any atom is 0.314 e. The van der Waals surface area contributed by atoms with Gasteiger partial charge in [-0.1, -0.05) is 0 Å². The van der Waals surface area contributed by atoms with Gasteiger partial charge in [0.1, 0.15) is 11.9 Å². The van der Waals surface area contributed by atoms with Crippen molar-refractivity contribution in [3.63, 3.8) is 0 Å². The van der Waals surface area contributed by atoms with Crippen molar-refractivity contribution in [1.29, 1.82) is 0 Å². The minimum absolute atomic E-state index is 0.229. The molecule has 1 aromatic rings. The Bertz CT molecular complexity index is 1010. The molecule has 4 fully saturated rings. The smallest absolute Gasteiger partial charge is 0.314 e. The van der Waals surface area contributed by atoms with E-state index in [4.69, 9.17) is 5.10 Å². The molecule has 5 atom stereocenters. The molecule has 0 radical (unpaired) electrons. The topological polar surface area (TPSA) is 133 Å². The maximum atomic E-state index is 12.3. The first-order valence-corrected chi connectivity index (χ1v) is 10.5. The molecule has 6 aliphatic rings. The van der Waals surface area contributed by atoms with Crippen molar-refractivity contribution in [3.8, 4) is 0 Å².